The summed E-state index contributed by atoms with van der Waals surface area (Å²) in [4.78, 5) is 29.8. The number of anilines is 1. The Hall–Kier alpha value is -4.63. The number of benzene rings is 4. The van der Waals surface area contributed by atoms with Gasteiger partial charge >= 0.3 is 0 Å². The van der Waals surface area contributed by atoms with Crippen molar-refractivity contribution >= 4 is 27.5 Å². The standard InChI is InChI=1S/C36H41N3O5S/c1-5-23-37-36(41)34(24-29-9-7-6-8-10-29)38(25-30-15-11-27(2)12-16-30)35(40)26-39(31-17-19-32(44-4)20-18-31)45(42,43)33-21-13-28(3)14-22-33/h6-22,34H,5,23-26H2,1-4H3,(H,37,41)/t34-/m0/s1. The van der Waals surface area contributed by atoms with Gasteiger partial charge in [-0.05, 0) is 67.8 Å². The minimum Gasteiger partial charge on any atom is -0.497 e. The second kappa shape index (κ2) is 15.4. The second-order valence-electron chi connectivity index (χ2n) is 11.0. The van der Waals surface area contributed by atoms with Crippen LogP contribution in [0.3, 0.4) is 0 Å². The minimum absolute atomic E-state index is 0.0586. The predicted octanol–water partition coefficient (Wildman–Crippen LogP) is 5.67. The first-order valence-corrected chi connectivity index (χ1v) is 16.5. The van der Waals surface area contributed by atoms with Gasteiger partial charge in [-0.25, -0.2) is 8.42 Å². The normalized spacial score (nSPS) is 11.8. The van der Waals surface area contributed by atoms with Gasteiger partial charge in [0.1, 0.15) is 18.3 Å². The molecule has 4 aromatic carbocycles. The smallest absolute Gasteiger partial charge is 0.264 e. The van der Waals surface area contributed by atoms with Crippen molar-refractivity contribution < 1.29 is 22.7 Å². The number of hydrogen-bond donors (Lipinski definition) is 1. The Balaban J connectivity index is 1.79. The highest BCUT2D eigenvalue weighted by atomic mass is 32.2. The zero-order valence-electron chi connectivity index (χ0n) is 26.3. The molecular weight excluding hydrogens is 586 g/mol. The number of amides is 2. The van der Waals surface area contributed by atoms with Crippen molar-refractivity contribution in [1.82, 2.24) is 10.2 Å². The molecule has 4 aromatic rings. The van der Waals surface area contributed by atoms with E-state index in [1.165, 1.54) is 24.1 Å². The van der Waals surface area contributed by atoms with Crippen LogP contribution in [0, 0.1) is 13.8 Å². The van der Waals surface area contributed by atoms with E-state index in [1.54, 1.807) is 36.4 Å². The van der Waals surface area contributed by atoms with Crippen LogP contribution >= 0.6 is 0 Å². The summed E-state index contributed by atoms with van der Waals surface area (Å²) in [6.45, 7) is 5.88. The molecule has 0 aliphatic rings. The van der Waals surface area contributed by atoms with E-state index in [-0.39, 0.29) is 23.8 Å². The molecule has 0 aliphatic carbocycles. The van der Waals surface area contributed by atoms with Crippen molar-refractivity contribution in [2.75, 3.05) is 24.5 Å². The highest BCUT2D eigenvalue weighted by Gasteiger charge is 2.34. The molecular formula is C36H41N3O5S. The zero-order chi connectivity index (χ0) is 32.4. The fraction of sp³-hybridized carbons (Fsp3) is 0.278. The van der Waals surface area contributed by atoms with Crippen molar-refractivity contribution in [2.45, 2.75) is 51.1 Å². The van der Waals surface area contributed by atoms with Gasteiger partial charge in [-0.2, -0.15) is 0 Å². The Morgan fingerprint density at radius 3 is 1.98 bits per heavy atom. The third-order valence-electron chi connectivity index (χ3n) is 7.54. The average molecular weight is 628 g/mol. The molecule has 45 heavy (non-hydrogen) atoms. The Bertz CT molecular complexity index is 1660. The van der Waals surface area contributed by atoms with E-state index in [0.717, 1.165) is 33.0 Å². The van der Waals surface area contributed by atoms with Gasteiger partial charge < -0.3 is 15.0 Å². The summed E-state index contributed by atoms with van der Waals surface area (Å²) >= 11 is 0. The van der Waals surface area contributed by atoms with Crippen LogP contribution in [0.5, 0.6) is 5.75 Å². The minimum atomic E-state index is -4.17. The Morgan fingerprint density at radius 1 is 0.800 bits per heavy atom. The molecule has 4 rings (SSSR count). The molecule has 0 saturated heterocycles. The van der Waals surface area contributed by atoms with Gasteiger partial charge in [0.15, 0.2) is 0 Å². The van der Waals surface area contributed by atoms with E-state index < -0.39 is 28.5 Å². The number of carbonyl (C=O) groups is 2. The number of methoxy groups -OCH3 is 1. The molecule has 2 amide bonds. The first kappa shape index (κ1) is 33.3. The lowest BCUT2D eigenvalue weighted by Crippen LogP contribution is -2.53. The molecule has 0 fully saturated rings. The maximum Gasteiger partial charge on any atom is 0.264 e. The third kappa shape index (κ3) is 8.73. The van der Waals surface area contributed by atoms with Crippen molar-refractivity contribution in [1.29, 1.82) is 0 Å². The van der Waals surface area contributed by atoms with Gasteiger partial charge in [-0.3, -0.25) is 13.9 Å². The van der Waals surface area contributed by atoms with Crippen LogP contribution < -0.4 is 14.4 Å². The predicted molar refractivity (Wildman–Crippen MR) is 178 cm³/mol. The fourth-order valence-corrected chi connectivity index (χ4v) is 6.34. The quantitative estimate of drug-likeness (QED) is 0.194. The van der Waals surface area contributed by atoms with E-state index >= 15 is 0 Å². The van der Waals surface area contributed by atoms with E-state index in [4.69, 9.17) is 4.74 Å². The van der Waals surface area contributed by atoms with Gasteiger partial charge in [0, 0.05) is 19.5 Å². The molecule has 0 aromatic heterocycles. The van der Waals surface area contributed by atoms with Crippen molar-refractivity contribution in [3.05, 3.63) is 125 Å². The van der Waals surface area contributed by atoms with Crippen molar-refractivity contribution in [3.8, 4) is 5.75 Å². The van der Waals surface area contributed by atoms with Crippen LogP contribution in [0.1, 0.15) is 35.6 Å². The summed E-state index contributed by atoms with van der Waals surface area (Å²) < 4.78 is 34.7. The topological polar surface area (TPSA) is 96.0 Å². The van der Waals surface area contributed by atoms with E-state index in [0.29, 0.717) is 18.0 Å². The van der Waals surface area contributed by atoms with Crippen LogP contribution in [0.4, 0.5) is 5.69 Å². The SMILES string of the molecule is CCCNC(=O)[C@H](Cc1ccccc1)N(Cc1ccc(C)cc1)C(=O)CN(c1ccc(OC)cc1)S(=O)(=O)c1ccc(C)cc1. The van der Waals surface area contributed by atoms with Crippen molar-refractivity contribution in [3.63, 3.8) is 0 Å². The lowest BCUT2D eigenvalue weighted by molar-refractivity contribution is -0.140. The van der Waals surface area contributed by atoms with E-state index in [9.17, 15) is 18.0 Å². The van der Waals surface area contributed by atoms with Gasteiger partial charge in [-0.15, -0.1) is 0 Å². The average Bonchev–Trinajstić information content (AvgIpc) is 3.05. The van der Waals surface area contributed by atoms with Crippen LogP contribution in [0.15, 0.2) is 108 Å². The first-order valence-electron chi connectivity index (χ1n) is 15.0. The molecule has 0 unspecified atom stereocenters. The van der Waals surface area contributed by atoms with Crippen LogP contribution in [-0.4, -0.2) is 51.4 Å². The molecule has 1 N–H and O–H groups in total. The molecule has 0 heterocycles. The van der Waals surface area contributed by atoms with Crippen molar-refractivity contribution in [2.24, 2.45) is 0 Å². The highest BCUT2D eigenvalue weighted by Crippen LogP contribution is 2.27. The third-order valence-corrected chi connectivity index (χ3v) is 9.33. The molecule has 0 radical (unpaired) electrons. The largest absolute Gasteiger partial charge is 0.497 e. The zero-order valence-corrected chi connectivity index (χ0v) is 27.1. The number of rotatable bonds is 14. The summed E-state index contributed by atoms with van der Waals surface area (Å²) in [5.74, 6) is -0.248. The van der Waals surface area contributed by atoms with Crippen LogP contribution in [0.2, 0.25) is 0 Å². The highest BCUT2D eigenvalue weighted by molar-refractivity contribution is 7.92. The molecule has 236 valence electrons. The number of nitrogens with zero attached hydrogens (tertiary/aromatic N) is 2. The summed E-state index contributed by atoms with van der Waals surface area (Å²) in [6, 6.07) is 29.4. The number of ether oxygens (including phenoxy) is 1. The van der Waals surface area contributed by atoms with Crippen LogP contribution in [-0.2, 0) is 32.6 Å². The monoisotopic (exact) mass is 627 g/mol. The Kier molecular flexibility index (Phi) is 11.4. The molecule has 0 aliphatic heterocycles. The van der Waals surface area contributed by atoms with Gasteiger partial charge in [0.25, 0.3) is 10.0 Å². The first-order chi connectivity index (χ1) is 21.6. The van der Waals surface area contributed by atoms with E-state index in [2.05, 4.69) is 5.32 Å². The Labute approximate surface area is 266 Å². The molecule has 0 saturated carbocycles. The number of hydrogen-bond acceptors (Lipinski definition) is 5. The Morgan fingerprint density at radius 2 is 1.40 bits per heavy atom. The summed E-state index contributed by atoms with van der Waals surface area (Å²) in [7, 11) is -2.65. The fourth-order valence-electron chi connectivity index (χ4n) is 4.92. The molecule has 9 heteroatoms. The second-order valence-corrected chi connectivity index (χ2v) is 12.9. The number of aryl methyl sites for hydroxylation is 2. The lowest BCUT2D eigenvalue weighted by Gasteiger charge is -2.34. The van der Waals surface area contributed by atoms with E-state index in [1.807, 2.05) is 75.4 Å². The molecule has 0 spiro atoms. The maximum absolute atomic E-state index is 14.5. The summed E-state index contributed by atoms with van der Waals surface area (Å²) in [5, 5.41) is 2.96. The maximum atomic E-state index is 14.5. The summed E-state index contributed by atoms with van der Waals surface area (Å²) in [5.41, 5.74) is 3.98. The lowest BCUT2D eigenvalue weighted by atomic mass is 10.0. The summed E-state index contributed by atoms with van der Waals surface area (Å²) in [6.07, 6.45) is 0.997. The molecule has 1 atom stereocenters. The van der Waals surface area contributed by atoms with Gasteiger partial charge in [0.05, 0.1) is 17.7 Å². The number of carbonyl (C=O) groups excluding carboxylic acids is 2. The molecule has 8 nitrogen and oxygen atoms in total. The number of sulfonamides is 1. The molecule has 0 bridgehead atoms. The number of nitrogens with one attached hydrogen (secondary N) is 1. The van der Waals surface area contributed by atoms with Gasteiger partial charge in [-0.1, -0.05) is 84.8 Å². The van der Waals surface area contributed by atoms with Gasteiger partial charge in [0.2, 0.25) is 11.8 Å². The van der Waals surface area contributed by atoms with Crippen LogP contribution in [0.25, 0.3) is 0 Å².